The molecule has 0 atom stereocenters. The normalized spacial score (nSPS) is 12.0. The van der Waals surface area contributed by atoms with Crippen LogP contribution in [-0.2, 0) is 9.53 Å². The molecule has 0 radical (unpaired) electrons. The van der Waals surface area contributed by atoms with Crippen LogP contribution in [0.1, 0.15) is 22.8 Å². The Morgan fingerprint density at radius 2 is 1.46 bits per heavy atom. The van der Waals surface area contributed by atoms with E-state index < -0.39 is 12.1 Å². The molecule has 26 heavy (non-hydrogen) atoms. The summed E-state index contributed by atoms with van der Waals surface area (Å²) in [7, 11) is 0. The molecule has 126 valence electrons. The monoisotopic (exact) mass is 341 g/mol. The van der Waals surface area contributed by atoms with Crippen molar-refractivity contribution in [2.24, 2.45) is 0 Å². The van der Waals surface area contributed by atoms with E-state index in [1.807, 2.05) is 54.6 Å². The van der Waals surface area contributed by atoms with Gasteiger partial charge < -0.3 is 9.47 Å². The van der Waals surface area contributed by atoms with E-state index in [1.165, 1.54) is 0 Å². The number of fused-ring (bicyclic) bond motifs is 3. The van der Waals surface area contributed by atoms with Crippen molar-refractivity contribution in [3.63, 3.8) is 0 Å². The fourth-order valence-electron chi connectivity index (χ4n) is 3.17. The molecule has 0 aliphatic heterocycles. The molecule has 0 bridgehead atoms. The third-order valence-corrected chi connectivity index (χ3v) is 4.37. The summed E-state index contributed by atoms with van der Waals surface area (Å²) in [4.78, 5) is 12.3. The Hall–Kier alpha value is -3.58. The second-order valence-corrected chi connectivity index (χ2v) is 5.97. The van der Waals surface area contributed by atoms with Crippen molar-refractivity contribution in [2.45, 2.75) is 6.10 Å². The molecule has 1 aliphatic rings. The Balaban J connectivity index is 1.48. The van der Waals surface area contributed by atoms with Gasteiger partial charge in [-0.15, -0.1) is 0 Å². The molecule has 0 spiro atoms. The fourth-order valence-corrected chi connectivity index (χ4v) is 3.17. The molecule has 1 aliphatic carbocycles. The molecular formula is C22H15NO3. The van der Waals surface area contributed by atoms with Gasteiger partial charge in [0.25, 0.3) is 0 Å². The number of benzene rings is 3. The van der Waals surface area contributed by atoms with Crippen LogP contribution in [0.4, 0.5) is 0 Å². The Morgan fingerprint density at radius 1 is 0.885 bits per heavy atom. The Bertz CT molecular complexity index is 957. The number of carbonyl (C=O) groups is 1. The maximum Gasteiger partial charge on any atom is 0.345 e. The summed E-state index contributed by atoms with van der Waals surface area (Å²) in [6, 6.07) is 24.5. The van der Waals surface area contributed by atoms with Gasteiger partial charge in [-0.05, 0) is 35.4 Å². The van der Waals surface area contributed by atoms with Gasteiger partial charge in [-0.2, -0.15) is 5.26 Å². The van der Waals surface area contributed by atoms with Gasteiger partial charge in [0.15, 0.2) is 12.7 Å². The smallest absolute Gasteiger partial charge is 0.345 e. The lowest BCUT2D eigenvalue weighted by Gasteiger charge is -2.15. The maximum atomic E-state index is 12.3. The highest BCUT2D eigenvalue weighted by Crippen LogP contribution is 2.44. The number of hydrogen-bond acceptors (Lipinski definition) is 4. The van der Waals surface area contributed by atoms with Crippen molar-refractivity contribution in [3.8, 4) is 22.9 Å². The van der Waals surface area contributed by atoms with E-state index in [4.69, 9.17) is 14.7 Å². The molecule has 3 aromatic carbocycles. The number of esters is 1. The van der Waals surface area contributed by atoms with Gasteiger partial charge in [0.05, 0.1) is 11.6 Å². The van der Waals surface area contributed by atoms with E-state index in [-0.39, 0.29) is 6.61 Å². The second-order valence-electron chi connectivity index (χ2n) is 5.97. The van der Waals surface area contributed by atoms with Crippen molar-refractivity contribution in [1.29, 1.82) is 5.26 Å². The largest absolute Gasteiger partial charge is 0.482 e. The fraction of sp³-hybridized carbons (Fsp3) is 0.0909. The topological polar surface area (TPSA) is 59.3 Å². The minimum atomic E-state index is -0.439. The molecule has 0 aromatic heterocycles. The highest BCUT2D eigenvalue weighted by atomic mass is 16.6. The number of nitrogens with zero attached hydrogens (tertiary/aromatic N) is 1. The van der Waals surface area contributed by atoms with Crippen LogP contribution >= 0.6 is 0 Å². The van der Waals surface area contributed by atoms with Gasteiger partial charge in [-0.25, -0.2) is 4.79 Å². The summed E-state index contributed by atoms with van der Waals surface area (Å²) in [6.07, 6.45) is -0.417. The highest BCUT2D eigenvalue weighted by Gasteiger charge is 2.30. The first kappa shape index (κ1) is 15.9. The minimum absolute atomic E-state index is 0.188. The lowest BCUT2D eigenvalue weighted by Crippen LogP contribution is -2.18. The Kier molecular flexibility index (Phi) is 4.12. The number of carbonyl (C=O) groups excluding carboxylic acids is 1. The zero-order valence-electron chi connectivity index (χ0n) is 13.9. The van der Waals surface area contributed by atoms with Crippen molar-refractivity contribution in [2.75, 3.05) is 6.61 Å². The van der Waals surface area contributed by atoms with Gasteiger partial charge in [0, 0.05) is 11.1 Å². The first-order valence-electron chi connectivity index (χ1n) is 8.27. The number of hydrogen-bond donors (Lipinski definition) is 0. The lowest BCUT2D eigenvalue weighted by molar-refractivity contribution is -0.149. The van der Waals surface area contributed by atoms with Crippen LogP contribution in [0.2, 0.25) is 0 Å². The molecule has 4 rings (SSSR count). The van der Waals surface area contributed by atoms with Gasteiger partial charge in [0.1, 0.15) is 5.75 Å². The van der Waals surface area contributed by atoms with Crippen LogP contribution in [-0.4, -0.2) is 12.6 Å². The molecule has 0 saturated heterocycles. The average Bonchev–Trinajstić information content (AvgIpc) is 3.01. The van der Waals surface area contributed by atoms with Crippen LogP contribution in [0.3, 0.4) is 0 Å². The number of rotatable bonds is 4. The first-order valence-corrected chi connectivity index (χ1v) is 8.27. The van der Waals surface area contributed by atoms with Crippen molar-refractivity contribution in [3.05, 3.63) is 89.5 Å². The Labute approximate surface area is 151 Å². The predicted octanol–water partition coefficient (Wildman–Crippen LogP) is 4.25. The van der Waals surface area contributed by atoms with E-state index in [0.717, 1.165) is 22.3 Å². The van der Waals surface area contributed by atoms with Gasteiger partial charge in [-0.1, -0.05) is 48.5 Å². The zero-order chi connectivity index (χ0) is 17.9. The van der Waals surface area contributed by atoms with Crippen molar-refractivity contribution < 1.29 is 14.3 Å². The summed E-state index contributed by atoms with van der Waals surface area (Å²) in [5.41, 5.74) is 4.70. The molecule has 3 aromatic rings. The maximum absolute atomic E-state index is 12.3. The molecule has 4 nitrogen and oxygen atoms in total. The van der Waals surface area contributed by atoms with E-state index in [0.29, 0.717) is 11.3 Å². The van der Waals surface area contributed by atoms with Crippen LogP contribution in [0, 0.1) is 11.3 Å². The number of ether oxygens (including phenoxy) is 2. The first-order chi connectivity index (χ1) is 12.8. The molecule has 0 unspecified atom stereocenters. The summed E-state index contributed by atoms with van der Waals surface area (Å²) < 4.78 is 11.2. The van der Waals surface area contributed by atoms with E-state index in [9.17, 15) is 4.79 Å². The zero-order valence-corrected chi connectivity index (χ0v) is 13.9. The minimum Gasteiger partial charge on any atom is -0.482 e. The molecule has 0 heterocycles. The molecule has 0 N–H and O–H groups in total. The Morgan fingerprint density at radius 3 is 2.04 bits per heavy atom. The molecule has 0 saturated carbocycles. The van der Waals surface area contributed by atoms with Crippen LogP contribution in [0.25, 0.3) is 11.1 Å². The second kappa shape index (κ2) is 6.73. The summed E-state index contributed by atoms with van der Waals surface area (Å²) in [5.74, 6) is 0.0824. The summed E-state index contributed by atoms with van der Waals surface area (Å²) in [6.45, 7) is -0.188. The van der Waals surface area contributed by atoms with E-state index >= 15 is 0 Å². The van der Waals surface area contributed by atoms with Crippen molar-refractivity contribution in [1.82, 2.24) is 0 Å². The third-order valence-electron chi connectivity index (χ3n) is 4.37. The summed E-state index contributed by atoms with van der Waals surface area (Å²) in [5, 5.41) is 8.80. The average molecular weight is 341 g/mol. The molecule has 0 amide bonds. The van der Waals surface area contributed by atoms with Gasteiger partial charge in [-0.3, -0.25) is 0 Å². The quantitative estimate of drug-likeness (QED) is 0.666. The van der Waals surface area contributed by atoms with Crippen LogP contribution in [0.15, 0.2) is 72.8 Å². The SMILES string of the molecule is N#Cc1ccc(OCC(=O)OC2c3ccccc3-c3ccccc32)cc1. The molecule has 4 heteroatoms. The third kappa shape index (κ3) is 2.91. The standard InChI is InChI=1S/C22H15NO3/c23-13-15-9-11-16(12-10-15)25-14-21(24)26-22-19-7-3-1-5-17(19)18-6-2-4-8-20(18)22/h1-12,22H,14H2. The highest BCUT2D eigenvalue weighted by molar-refractivity contribution is 5.80. The van der Waals surface area contributed by atoms with Crippen LogP contribution < -0.4 is 4.74 Å². The predicted molar refractivity (Wildman–Crippen MR) is 96.5 cm³/mol. The van der Waals surface area contributed by atoms with E-state index in [1.54, 1.807) is 24.3 Å². The van der Waals surface area contributed by atoms with Crippen LogP contribution in [0.5, 0.6) is 5.75 Å². The summed E-state index contributed by atoms with van der Waals surface area (Å²) >= 11 is 0. The van der Waals surface area contributed by atoms with Gasteiger partial charge in [0.2, 0.25) is 0 Å². The van der Waals surface area contributed by atoms with E-state index in [2.05, 4.69) is 0 Å². The van der Waals surface area contributed by atoms with Crippen molar-refractivity contribution >= 4 is 5.97 Å². The molecule has 0 fully saturated rings. The van der Waals surface area contributed by atoms with Gasteiger partial charge >= 0.3 is 5.97 Å². The number of nitriles is 1. The lowest BCUT2D eigenvalue weighted by atomic mass is 10.1. The molecular weight excluding hydrogens is 326 g/mol.